The first kappa shape index (κ1) is 15.3. The maximum Gasteiger partial charge on any atom is 0.346 e. The van der Waals surface area contributed by atoms with Crippen molar-refractivity contribution in [1.82, 2.24) is 15.3 Å². The van der Waals surface area contributed by atoms with Crippen LogP contribution in [0, 0.1) is 0 Å². The molecule has 0 spiro atoms. The first-order chi connectivity index (χ1) is 10.3. The normalized spacial score (nSPS) is 10.5. The van der Waals surface area contributed by atoms with Crippen LogP contribution in [0.5, 0.6) is 0 Å². The molecule has 2 aromatic rings. The number of aromatic amines is 1. The highest BCUT2D eigenvalue weighted by Crippen LogP contribution is 2.10. The highest BCUT2D eigenvalue weighted by molar-refractivity contribution is 5.42. The van der Waals surface area contributed by atoms with Gasteiger partial charge in [-0.2, -0.15) is 0 Å². The molecule has 0 bridgehead atoms. The van der Waals surface area contributed by atoms with Crippen LogP contribution in [0.15, 0.2) is 41.3 Å². The molecule has 3 N–H and O–H groups in total. The highest BCUT2D eigenvalue weighted by Gasteiger charge is 2.04. The number of nitrogens with zero attached hydrogens (tertiary/aromatic N) is 1. The predicted octanol–water partition coefficient (Wildman–Crippen LogP) is 2.27. The molecule has 5 heteroatoms. The third-order valence-corrected chi connectivity index (χ3v) is 3.23. The molecule has 0 aliphatic heterocycles. The minimum Gasteiger partial charge on any atom is -0.367 e. The number of aromatic nitrogens is 2. The van der Waals surface area contributed by atoms with Gasteiger partial charge in [0.15, 0.2) is 0 Å². The molecular formula is C16H22N4O. The summed E-state index contributed by atoms with van der Waals surface area (Å²) in [6, 6.07) is 10.1. The molecule has 0 fully saturated rings. The standard InChI is InChI=1S/C16H22N4O/c1-2-3-9-17-11-14-12-19-16(21)20-15(14)18-10-13-7-5-4-6-8-13/h4-8,12,17H,2-3,9-11H2,1H3,(H2,18,19,20,21). The summed E-state index contributed by atoms with van der Waals surface area (Å²) in [6.07, 6.45) is 3.94. The van der Waals surface area contributed by atoms with Gasteiger partial charge in [0.25, 0.3) is 0 Å². The summed E-state index contributed by atoms with van der Waals surface area (Å²) < 4.78 is 0. The van der Waals surface area contributed by atoms with Crippen LogP contribution < -0.4 is 16.3 Å². The van der Waals surface area contributed by atoms with E-state index >= 15 is 0 Å². The average molecular weight is 286 g/mol. The van der Waals surface area contributed by atoms with Crippen LogP contribution in [0.25, 0.3) is 0 Å². The van der Waals surface area contributed by atoms with E-state index in [0.29, 0.717) is 13.1 Å². The van der Waals surface area contributed by atoms with Crippen molar-refractivity contribution in [3.63, 3.8) is 0 Å². The monoisotopic (exact) mass is 286 g/mol. The Morgan fingerprint density at radius 2 is 2.00 bits per heavy atom. The fraction of sp³-hybridized carbons (Fsp3) is 0.375. The van der Waals surface area contributed by atoms with Gasteiger partial charge in [-0.1, -0.05) is 43.7 Å². The van der Waals surface area contributed by atoms with Gasteiger partial charge in [0.1, 0.15) is 5.82 Å². The molecule has 1 heterocycles. The van der Waals surface area contributed by atoms with Gasteiger partial charge < -0.3 is 10.6 Å². The zero-order valence-electron chi connectivity index (χ0n) is 12.4. The lowest BCUT2D eigenvalue weighted by Crippen LogP contribution is -2.20. The Labute approximate surface area is 124 Å². The van der Waals surface area contributed by atoms with Crippen LogP contribution >= 0.6 is 0 Å². The molecule has 0 saturated carbocycles. The van der Waals surface area contributed by atoms with Crippen LogP contribution in [0.2, 0.25) is 0 Å². The largest absolute Gasteiger partial charge is 0.367 e. The summed E-state index contributed by atoms with van der Waals surface area (Å²) in [5.41, 5.74) is 1.81. The Bertz CT molecular complexity index is 595. The first-order valence-corrected chi connectivity index (χ1v) is 7.36. The van der Waals surface area contributed by atoms with Crippen LogP contribution in [0.3, 0.4) is 0 Å². The third kappa shape index (κ3) is 5.04. The summed E-state index contributed by atoms with van der Waals surface area (Å²) >= 11 is 0. The molecule has 5 nitrogen and oxygen atoms in total. The summed E-state index contributed by atoms with van der Waals surface area (Å²) in [5.74, 6) is 0.739. The van der Waals surface area contributed by atoms with Crippen LogP contribution in [0.1, 0.15) is 30.9 Å². The van der Waals surface area contributed by atoms with E-state index < -0.39 is 0 Å². The molecule has 21 heavy (non-hydrogen) atoms. The third-order valence-electron chi connectivity index (χ3n) is 3.23. The zero-order valence-corrected chi connectivity index (χ0v) is 12.4. The molecule has 112 valence electrons. The van der Waals surface area contributed by atoms with Gasteiger partial charge in [0, 0.05) is 24.8 Å². The van der Waals surface area contributed by atoms with Crippen molar-refractivity contribution in [3.05, 3.63) is 58.1 Å². The SMILES string of the molecule is CCCCNCc1cnc(=O)[nH]c1NCc1ccccc1. The topological polar surface area (TPSA) is 69.8 Å². The second-order valence-electron chi connectivity index (χ2n) is 4.96. The molecule has 0 radical (unpaired) electrons. The number of H-pyrrole nitrogens is 1. The van der Waals surface area contributed by atoms with Crippen LogP contribution in [0.4, 0.5) is 5.82 Å². The van der Waals surface area contributed by atoms with E-state index in [0.717, 1.165) is 30.8 Å². The van der Waals surface area contributed by atoms with Gasteiger partial charge in [0.05, 0.1) is 0 Å². The van der Waals surface area contributed by atoms with Crippen molar-refractivity contribution in [2.24, 2.45) is 0 Å². The minimum atomic E-state index is -0.331. The van der Waals surface area contributed by atoms with Crippen LogP contribution in [-0.4, -0.2) is 16.5 Å². The molecule has 2 rings (SSSR count). The number of anilines is 1. The molecule has 1 aromatic carbocycles. The van der Waals surface area contributed by atoms with E-state index in [2.05, 4.69) is 27.5 Å². The van der Waals surface area contributed by atoms with Gasteiger partial charge in [-0.25, -0.2) is 9.78 Å². The van der Waals surface area contributed by atoms with Crippen molar-refractivity contribution in [2.75, 3.05) is 11.9 Å². The number of benzene rings is 1. The fourth-order valence-corrected chi connectivity index (χ4v) is 2.02. The van der Waals surface area contributed by atoms with Crippen molar-refractivity contribution in [1.29, 1.82) is 0 Å². The van der Waals surface area contributed by atoms with E-state index in [-0.39, 0.29) is 5.69 Å². The lowest BCUT2D eigenvalue weighted by Gasteiger charge is -2.11. The molecule has 1 aromatic heterocycles. The molecule has 0 aliphatic carbocycles. The fourth-order valence-electron chi connectivity index (χ4n) is 2.02. The zero-order chi connectivity index (χ0) is 14.9. The van der Waals surface area contributed by atoms with Gasteiger partial charge in [-0.05, 0) is 18.5 Å². The Morgan fingerprint density at radius 1 is 1.19 bits per heavy atom. The molecule has 0 atom stereocenters. The average Bonchev–Trinajstić information content (AvgIpc) is 2.52. The van der Waals surface area contributed by atoms with Gasteiger partial charge in [-0.15, -0.1) is 0 Å². The molecule has 0 unspecified atom stereocenters. The summed E-state index contributed by atoms with van der Waals surface area (Å²) in [7, 11) is 0. The number of unbranched alkanes of at least 4 members (excludes halogenated alkanes) is 1. The van der Waals surface area contributed by atoms with Gasteiger partial charge in [0.2, 0.25) is 0 Å². The van der Waals surface area contributed by atoms with Gasteiger partial charge in [-0.3, -0.25) is 4.98 Å². The smallest absolute Gasteiger partial charge is 0.346 e. The second-order valence-corrected chi connectivity index (χ2v) is 4.96. The Balaban J connectivity index is 1.99. The van der Waals surface area contributed by atoms with Crippen LogP contribution in [-0.2, 0) is 13.1 Å². The molecule has 0 aliphatic rings. The van der Waals surface area contributed by atoms with Crippen molar-refractivity contribution >= 4 is 5.82 Å². The lowest BCUT2D eigenvalue weighted by atomic mass is 10.2. The van der Waals surface area contributed by atoms with E-state index in [9.17, 15) is 4.79 Å². The molecule has 0 amide bonds. The van der Waals surface area contributed by atoms with E-state index in [1.54, 1.807) is 6.20 Å². The Morgan fingerprint density at radius 3 is 2.76 bits per heavy atom. The number of hydrogen-bond donors (Lipinski definition) is 3. The quantitative estimate of drug-likeness (QED) is 0.651. The second kappa shape index (κ2) is 8.21. The van der Waals surface area contributed by atoms with Crippen molar-refractivity contribution in [3.8, 4) is 0 Å². The maximum atomic E-state index is 11.4. The molecular weight excluding hydrogens is 264 g/mol. The van der Waals surface area contributed by atoms with E-state index in [4.69, 9.17) is 0 Å². The van der Waals surface area contributed by atoms with Crippen molar-refractivity contribution in [2.45, 2.75) is 32.9 Å². The number of rotatable bonds is 8. The van der Waals surface area contributed by atoms with Gasteiger partial charge >= 0.3 is 5.69 Å². The Hall–Kier alpha value is -2.14. The Kier molecular flexibility index (Phi) is 5.97. The summed E-state index contributed by atoms with van der Waals surface area (Å²) in [6.45, 7) is 4.49. The predicted molar refractivity (Wildman–Crippen MR) is 85.2 cm³/mol. The summed E-state index contributed by atoms with van der Waals surface area (Å²) in [5, 5.41) is 6.63. The number of nitrogens with one attached hydrogen (secondary N) is 3. The minimum absolute atomic E-state index is 0.331. The van der Waals surface area contributed by atoms with Crippen molar-refractivity contribution < 1.29 is 0 Å². The highest BCUT2D eigenvalue weighted by atomic mass is 16.1. The summed E-state index contributed by atoms with van der Waals surface area (Å²) in [4.78, 5) is 18.0. The first-order valence-electron chi connectivity index (χ1n) is 7.36. The van der Waals surface area contributed by atoms with E-state index in [1.165, 1.54) is 5.56 Å². The molecule has 0 saturated heterocycles. The number of hydrogen-bond acceptors (Lipinski definition) is 4. The maximum absolute atomic E-state index is 11.4. The van der Waals surface area contributed by atoms with E-state index in [1.807, 2.05) is 30.3 Å². The lowest BCUT2D eigenvalue weighted by molar-refractivity contribution is 0.639.